The molecule has 3 amide bonds. The van der Waals surface area contributed by atoms with Gasteiger partial charge in [-0.2, -0.15) is 0 Å². The first kappa shape index (κ1) is 17.7. The topological polar surface area (TPSA) is 83.5 Å². The molecule has 2 aliphatic heterocycles. The number of carbonyl (C=O) groups excluding carboxylic acids is 3. The van der Waals surface area contributed by atoms with Crippen LogP contribution in [0.25, 0.3) is 0 Å². The van der Waals surface area contributed by atoms with Gasteiger partial charge in [-0.3, -0.25) is 14.4 Å². The van der Waals surface area contributed by atoms with E-state index in [2.05, 4.69) is 9.97 Å². The summed E-state index contributed by atoms with van der Waals surface area (Å²) >= 11 is 1.17. The maximum atomic E-state index is 13.2. The molecule has 0 bridgehead atoms. The number of rotatable bonds is 3. The van der Waals surface area contributed by atoms with E-state index in [-0.39, 0.29) is 23.5 Å². The van der Waals surface area contributed by atoms with Gasteiger partial charge in [0.1, 0.15) is 6.04 Å². The highest BCUT2D eigenvalue weighted by molar-refractivity contribution is 7.99. The summed E-state index contributed by atoms with van der Waals surface area (Å²) in [6.45, 7) is 0.540. The fraction of sp³-hybridized carbons (Fsp3) is 0.316. The van der Waals surface area contributed by atoms with Crippen molar-refractivity contribution < 1.29 is 14.4 Å². The highest BCUT2D eigenvalue weighted by Crippen LogP contribution is 2.32. The molecule has 4 rings (SSSR count). The lowest BCUT2D eigenvalue weighted by Gasteiger charge is -2.33. The van der Waals surface area contributed by atoms with Gasteiger partial charge >= 0.3 is 0 Å². The molecule has 8 heteroatoms. The van der Waals surface area contributed by atoms with Crippen LogP contribution >= 0.6 is 11.8 Å². The molecule has 0 aliphatic carbocycles. The predicted octanol–water partition coefficient (Wildman–Crippen LogP) is 2.14. The zero-order chi connectivity index (χ0) is 18.8. The Morgan fingerprint density at radius 1 is 1.11 bits per heavy atom. The first-order valence-electron chi connectivity index (χ1n) is 8.83. The molecule has 0 N–H and O–H groups in total. The standard InChI is InChI=1S/C19H18N4O3S/c24-16(12-27-19-20-9-5-10-21-19)23-14-7-2-1-6-13(14)17(25)22-11-4-3-8-15(22)18(23)26/h1-2,5-7,9-10,15H,3-4,8,11-12H2/t15-/m1/s1. The monoisotopic (exact) mass is 382 g/mol. The lowest BCUT2D eigenvalue weighted by Crippen LogP contribution is -2.52. The van der Waals surface area contributed by atoms with Crippen molar-refractivity contribution in [2.45, 2.75) is 30.5 Å². The summed E-state index contributed by atoms with van der Waals surface area (Å²) in [5.41, 5.74) is 0.756. The van der Waals surface area contributed by atoms with Gasteiger partial charge in [-0.25, -0.2) is 14.9 Å². The molecule has 1 fully saturated rings. The quantitative estimate of drug-likeness (QED) is 0.597. The molecular weight excluding hydrogens is 364 g/mol. The van der Waals surface area contributed by atoms with Gasteiger partial charge < -0.3 is 4.90 Å². The lowest BCUT2D eigenvalue weighted by atomic mass is 10.0. The normalized spacial score (nSPS) is 19.3. The Kier molecular flexibility index (Phi) is 4.89. The summed E-state index contributed by atoms with van der Waals surface area (Å²) in [6, 6.07) is 7.93. The molecule has 7 nitrogen and oxygen atoms in total. The van der Waals surface area contributed by atoms with Gasteiger partial charge in [0.25, 0.3) is 11.8 Å². The molecular formula is C19H18N4O3S. The predicted molar refractivity (Wildman–Crippen MR) is 100 cm³/mol. The second-order valence-corrected chi connectivity index (χ2v) is 7.36. The smallest absolute Gasteiger partial charge is 0.256 e. The Hall–Kier alpha value is -2.74. The van der Waals surface area contributed by atoms with Crippen LogP contribution in [-0.2, 0) is 9.59 Å². The molecule has 2 aromatic rings. The van der Waals surface area contributed by atoms with Gasteiger partial charge in [0.05, 0.1) is 17.0 Å². The third kappa shape index (κ3) is 3.32. The Balaban J connectivity index is 1.67. The van der Waals surface area contributed by atoms with E-state index in [9.17, 15) is 14.4 Å². The molecule has 1 atom stereocenters. The number of carbonyl (C=O) groups is 3. The maximum Gasteiger partial charge on any atom is 0.256 e. The van der Waals surface area contributed by atoms with E-state index in [1.807, 2.05) is 0 Å². The lowest BCUT2D eigenvalue weighted by molar-refractivity contribution is -0.128. The number of nitrogens with zero attached hydrogens (tertiary/aromatic N) is 4. The SMILES string of the molecule is O=C(CSc1ncccn1)N1C(=O)[C@H]2CCCCN2C(=O)c2ccccc21. The molecule has 0 unspecified atom stereocenters. The summed E-state index contributed by atoms with van der Waals surface area (Å²) in [7, 11) is 0. The van der Waals surface area contributed by atoms with Crippen molar-refractivity contribution >= 4 is 35.2 Å². The average Bonchev–Trinajstić information content (AvgIpc) is 2.81. The third-order valence-electron chi connectivity index (χ3n) is 4.76. The Morgan fingerprint density at radius 2 is 1.89 bits per heavy atom. The number of thioether (sulfide) groups is 1. The summed E-state index contributed by atoms with van der Waals surface area (Å²) in [6.07, 6.45) is 5.52. The zero-order valence-corrected chi connectivity index (χ0v) is 15.4. The van der Waals surface area contributed by atoms with Crippen molar-refractivity contribution in [3.05, 3.63) is 48.3 Å². The molecule has 0 saturated carbocycles. The van der Waals surface area contributed by atoms with Crippen molar-refractivity contribution in [1.29, 1.82) is 0 Å². The first-order chi connectivity index (χ1) is 13.2. The van der Waals surface area contributed by atoms with E-state index in [0.717, 1.165) is 12.8 Å². The van der Waals surface area contributed by atoms with Gasteiger partial charge in [-0.05, 0) is 37.5 Å². The molecule has 27 heavy (non-hydrogen) atoms. The zero-order valence-electron chi connectivity index (χ0n) is 14.6. The number of anilines is 1. The Labute approximate surface area is 160 Å². The number of amides is 3. The second kappa shape index (κ2) is 7.48. The molecule has 1 aromatic carbocycles. The largest absolute Gasteiger partial charge is 0.327 e. The summed E-state index contributed by atoms with van der Waals surface area (Å²) in [5, 5.41) is 0.469. The van der Waals surface area contributed by atoms with E-state index in [1.165, 1.54) is 16.7 Å². The molecule has 1 aromatic heterocycles. The number of hydrogen-bond donors (Lipinski definition) is 0. The summed E-state index contributed by atoms with van der Waals surface area (Å²) in [4.78, 5) is 50.1. The van der Waals surface area contributed by atoms with Crippen LogP contribution in [0, 0.1) is 0 Å². The molecule has 2 aliphatic rings. The van der Waals surface area contributed by atoms with E-state index in [0.29, 0.717) is 29.4 Å². The minimum absolute atomic E-state index is 0.0188. The van der Waals surface area contributed by atoms with Crippen LogP contribution in [0.5, 0.6) is 0 Å². The van der Waals surface area contributed by atoms with Crippen LogP contribution < -0.4 is 4.90 Å². The number of fused-ring (bicyclic) bond motifs is 2. The minimum Gasteiger partial charge on any atom is -0.327 e. The number of piperidine rings is 1. The Bertz CT molecular complexity index is 890. The fourth-order valence-corrected chi connectivity index (χ4v) is 4.16. The van der Waals surface area contributed by atoms with Gasteiger partial charge in [-0.1, -0.05) is 23.9 Å². The molecule has 0 radical (unpaired) electrons. The first-order valence-corrected chi connectivity index (χ1v) is 9.82. The van der Waals surface area contributed by atoms with Gasteiger partial charge in [-0.15, -0.1) is 0 Å². The van der Waals surface area contributed by atoms with Gasteiger partial charge in [0.15, 0.2) is 5.16 Å². The molecule has 3 heterocycles. The van der Waals surface area contributed by atoms with Gasteiger partial charge in [0.2, 0.25) is 5.91 Å². The van der Waals surface area contributed by atoms with Crippen LogP contribution in [0.3, 0.4) is 0 Å². The van der Waals surface area contributed by atoms with E-state index < -0.39 is 6.04 Å². The number of para-hydroxylation sites is 1. The van der Waals surface area contributed by atoms with Crippen LogP contribution in [-0.4, -0.2) is 50.9 Å². The second-order valence-electron chi connectivity index (χ2n) is 6.41. The minimum atomic E-state index is -0.583. The maximum absolute atomic E-state index is 13.2. The summed E-state index contributed by atoms with van der Waals surface area (Å²) in [5.74, 6) is -0.860. The number of hydrogen-bond acceptors (Lipinski definition) is 6. The van der Waals surface area contributed by atoms with E-state index in [4.69, 9.17) is 0 Å². The van der Waals surface area contributed by atoms with Crippen molar-refractivity contribution in [2.75, 3.05) is 17.2 Å². The van der Waals surface area contributed by atoms with Crippen molar-refractivity contribution in [3.8, 4) is 0 Å². The number of benzene rings is 1. The third-order valence-corrected chi connectivity index (χ3v) is 5.62. The molecule has 0 spiro atoms. The van der Waals surface area contributed by atoms with Crippen LogP contribution in [0.1, 0.15) is 29.6 Å². The highest BCUT2D eigenvalue weighted by Gasteiger charge is 2.42. The van der Waals surface area contributed by atoms with Crippen LogP contribution in [0.4, 0.5) is 5.69 Å². The average molecular weight is 382 g/mol. The van der Waals surface area contributed by atoms with E-state index in [1.54, 1.807) is 47.6 Å². The van der Waals surface area contributed by atoms with Crippen LogP contribution in [0.2, 0.25) is 0 Å². The molecule has 138 valence electrons. The fourth-order valence-electron chi connectivity index (χ4n) is 3.51. The number of imide groups is 1. The van der Waals surface area contributed by atoms with E-state index >= 15 is 0 Å². The van der Waals surface area contributed by atoms with Crippen molar-refractivity contribution in [1.82, 2.24) is 14.9 Å². The van der Waals surface area contributed by atoms with Crippen molar-refractivity contribution in [2.24, 2.45) is 0 Å². The van der Waals surface area contributed by atoms with Crippen LogP contribution in [0.15, 0.2) is 47.9 Å². The van der Waals surface area contributed by atoms with Gasteiger partial charge in [0, 0.05) is 18.9 Å². The summed E-state index contributed by atoms with van der Waals surface area (Å²) < 4.78 is 0. The number of aromatic nitrogens is 2. The Morgan fingerprint density at radius 3 is 2.70 bits per heavy atom. The molecule has 1 saturated heterocycles. The van der Waals surface area contributed by atoms with Crippen molar-refractivity contribution in [3.63, 3.8) is 0 Å². The highest BCUT2D eigenvalue weighted by atomic mass is 32.2.